The molecule has 3 heteroatoms. The molecule has 2 heterocycles. The first kappa shape index (κ1) is 7.31. The zero-order chi connectivity index (χ0) is 8.23. The van der Waals surface area contributed by atoms with Crippen LogP contribution < -0.4 is 0 Å². The summed E-state index contributed by atoms with van der Waals surface area (Å²) in [4.78, 5) is 8.18. The van der Waals surface area contributed by atoms with Crippen molar-refractivity contribution >= 4 is 23.5 Å². The molecule has 60 valence electrons. The van der Waals surface area contributed by atoms with Crippen molar-refractivity contribution in [2.75, 3.05) is 0 Å². The van der Waals surface area contributed by atoms with Gasteiger partial charge in [-0.3, -0.25) is 0 Å². The van der Waals surface area contributed by atoms with E-state index in [0.29, 0.717) is 0 Å². The minimum absolute atomic E-state index is 1.03. The minimum Gasteiger partial charge on any atom is -0.345 e. The number of thiophene rings is 1. The van der Waals surface area contributed by atoms with Gasteiger partial charge in [0.15, 0.2) is 0 Å². The Morgan fingerprint density at radius 2 is 2.42 bits per heavy atom. The molecule has 0 radical (unpaired) electrons. The molecule has 0 spiro atoms. The lowest BCUT2D eigenvalue weighted by molar-refractivity contribution is 1.31. The molecular formula is C9H8N2S. The van der Waals surface area contributed by atoms with E-state index in [1.54, 1.807) is 23.9 Å². The van der Waals surface area contributed by atoms with Crippen molar-refractivity contribution in [3.63, 3.8) is 0 Å². The monoisotopic (exact) mass is 176 g/mol. The number of imidazole rings is 1. The van der Waals surface area contributed by atoms with Crippen molar-refractivity contribution < 1.29 is 0 Å². The Labute approximate surface area is 74.6 Å². The molecule has 0 bridgehead atoms. The van der Waals surface area contributed by atoms with Gasteiger partial charge in [-0.1, -0.05) is 6.07 Å². The maximum atomic E-state index is 3.92. The second-order valence-corrected chi connectivity index (χ2v) is 3.33. The number of rotatable bonds is 2. The highest BCUT2D eigenvalue weighted by Crippen LogP contribution is 2.11. The van der Waals surface area contributed by atoms with Crippen molar-refractivity contribution in [1.29, 1.82) is 0 Å². The van der Waals surface area contributed by atoms with Crippen LogP contribution in [0.4, 0.5) is 0 Å². The van der Waals surface area contributed by atoms with Gasteiger partial charge in [0.1, 0.15) is 0 Å². The number of aromatic amines is 1. The molecule has 0 amide bonds. The van der Waals surface area contributed by atoms with Gasteiger partial charge in [-0.25, -0.2) is 4.98 Å². The first-order valence-electron chi connectivity index (χ1n) is 3.65. The summed E-state index contributed by atoms with van der Waals surface area (Å²) < 4.78 is 0. The highest BCUT2D eigenvalue weighted by Gasteiger charge is 1.87. The lowest BCUT2D eigenvalue weighted by atomic mass is 10.3. The summed E-state index contributed by atoms with van der Waals surface area (Å²) >= 11 is 1.72. The van der Waals surface area contributed by atoms with Crippen LogP contribution in [0.5, 0.6) is 0 Å². The second-order valence-electron chi connectivity index (χ2n) is 2.36. The van der Waals surface area contributed by atoms with Gasteiger partial charge >= 0.3 is 0 Å². The Morgan fingerprint density at radius 1 is 1.42 bits per heavy atom. The summed E-state index contributed by atoms with van der Waals surface area (Å²) in [6.45, 7) is 0. The smallest absolute Gasteiger partial charge is 0.0924 e. The number of aromatic nitrogens is 2. The standard InChI is InChI=1S/C9H8N2S/c1-2-9(12-5-1)4-3-8-6-10-7-11-8/h1-7H,(H,10,11)/b4-3+. The Bertz CT molecular complexity index is 310. The van der Waals surface area contributed by atoms with E-state index in [1.807, 2.05) is 12.1 Å². The molecule has 1 N–H and O–H groups in total. The maximum absolute atomic E-state index is 3.92. The van der Waals surface area contributed by atoms with Crippen LogP contribution in [0.25, 0.3) is 12.2 Å². The van der Waals surface area contributed by atoms with Crippen molar-refractivity contribution in [2.45, 2.75) is 0 Å². The second kappa shape index (κ2) is 3.36. The fourth-order valence-electron chi connectivity index (χ4n) is 0.916. The Balaban J connectivity index is 2.14. The average molecular weight is 176 g/mol. The minimum atomic E-state index is 1.03. The number of nitrogens with zero attached hydrogens (tertiary/aromatic N) is 1. The number of hydrogen-bond donors (Lipinski definition) is 1. The van der Waals surface area contributed by atoms with Gasteiger partial charge in [0.05, 0.1) is 18.2 Å². The highest BCUT2D eigenvalue weighted by molar-refractivity contribution is 7.10. The van der Waals surface area contributed by atoms with Gasteiger partial charge in [0, 0.05) is 4.88 Å². The topological polar surface area (TPSA) is 28.7 Å². The molecule has 0 fully saturated rings. The van der Waals surface area contributed by atoms with E-state index in [2.05, 4.69) is 27.5 Å². The molecule has 12 heavy (non-hydrogen) atoms. The molecule has 2 nitrogen and oxygen atoms in total. The Kier molecular flexibility index (Phi) is 2.05. The lowest BCUT2D eigenvalue weighted by Gasteiger charge is -1.82. The molecule has 0 atom stereocenters. The van der Waals surface area contributed by atoms with Crippen LogP contribution in [0.2, 0.25) is 0 Å². The number of nitrogens with one attached hydrogen (secondary N) is 1. The van der Waals surface area contributed by atoms with Crippen LogP contribution in [0.15, 0.2) is 30.0 Å². The van der Waals surface area contributed by atoms with Crippen molar-refractivity contribution in [1.82, 2.24) is 9.97 Å². The van der Waals surface area contributed by atoms with E-state index in [-0.39, 0.29) is 0 Å². The van der Waals surface area contributed by atoms with Gasteiger partial charge in [0.2, 0.25) is 0 Å². The molecule has 0 saturated carbocycles. The highest BCUT2D eigenvalue weighted by atomic mass is 32.1. The fourth-order valence-corrected chi connectivity index (χ4v) is 1.53. The molecule has 0 aliphatic heterocycles. The summed E-state index contributed by atoms with van der Waals surface area (Å²) in [5.74, 6) is 0. The van der Waals surface area contributed by atoms with E-state index < -0.39 is 0 Å². The fraction of sp³-hybridized carbons (Fsp3) is 0. The molecule has 2 aromatic heterocycles. The quantitative estimate of drug-likeness (QED) is 0.748. The van der Waals surface area contributed by atoms with Crippen LogP contribution >= 0.6 is 11.3 Å². The predicted molar refractivity (Wildman–Crippen MR) is 51.8 cm³/mol. The first-order chi connectivity index (χ1) is 5.95. The third-order valence-corrected chi connectivity index (χ3v) is 2.33. The summed E-state index contributed by atoms with van der Waals surface area (Å²) in [7, 11) is 0. The molecule has 0 aliphatic carbocycles. The van der Waals surface area contributed by atoms with Crippen LogP contribution in [-0.2, 0) is 0 Å². The summed E-state index contributed by atoms with van der Waals surface area (Å²) in [5.41, 5.74) is 1.03. The largest absolute Gasteiger partial charge is 0.345 e. The average Bonchev–Trinajstić information content (AvgIpc) is 2.74. The van der Waals surface area contributed by atoms with Gasteiger partial charge in [-0.2, -0.15) is 0 Å². The van der Waals surface area contributed by atoms with Crippen molar-refractivity contribution in [2.24, 2.45) is 0 Å². The van der Waals surface area contributed by atoms with E-state index >= 15 is 0 Å². The number of hydrogen-bond acceptors (Lipinski definition) is 2. The van der Waals surface area contributed by atoms with E-state index in [1.165, 1.54) is 4.88 Å². The summed E-state index contributed by atoms with van der Waals surface area (Å²) in [5, 5.41) is 2.06. The van der Waals surface area contributed by atoms with Gasteiger partial charge < -0.3 is 4.98 Å². The van der Waals surface area contributed by atoms with E-state index in [9.17, 15) is 0 Å². The van der Waals surface area contributed by atoms with Crippen LogP contribution in [0, 0.1) is 0 Å². The molecule has 0 aliphatic rings. The molecule has 0 aromatic carbocycles. The normalized spacial score (nSPS) is 11.0. The zero-order valence-electron chi connectivity index (χ0n) is 6.40. The van der Waals surface area contributed by atoms with Crippen LogP contribution in [-0.4, -0.2) is 9.97 Å². The third kappa shape index (κ3) is 1.62. The zero-order valence-corrected chi connectivity index (χ0v) is 7.21. The molecule has 0 unspecified atom stereocenters. The lowest BCUT2D eigenvalue weighted by Crippen LogP contribution is -1.65. The molecule has 2 rings (SSSR count). The Morgan fingerprint density at radius 3 is 3.08 bits per heavy atom. The Hall–Kier alpha value is -1.35. The molecule has 0 saturated heterocycles. The van der Waals surface area contributed by atoms with Crippen LogP contribution in [0.3, 0.4) is 0 Å². The van der Waals surface area contributed by atoms with E-state index in [0.717, 1.165) is 5.69 Å². The molecule has 2 aromatic rings. The first-order valence-corrected chi connectivity index (χ1v) is 4.53. The van der Waals surface area contributed by atoms with Crippen molar-refractivity contribution in [3.05, 3.63) is 40.6 Å². The third-order valence-electron chi connectivity index (χ3n) is 1.49. The summed E-state index contributed by atoms with van der Waals surface area (Å²) in [6.07, 6.45) is 7.55. The number of H-pyrrole nitrogens is 1. The predicted octanol–water partition coefficient (Wildman–Crippen LogP) is 2.64. The van der Waals surface area contributed by atoms with E-state index in [4.69, 9.17) is 0 Å². The van der Waals surface area contributed by atoms with Gasteiger partial charge in [0.25, 0.3) is 0 Å². The summed E-state index contributed by atoms with van der Waals surface area (Å²) in [6, 6.07) is 4.12. The molecular weight excluding hydrogens is 168 g/mol. The van der Waals surface area contributed by atoms with Crippen LogP contribution in [0.1, 0.15) is 10.6 Å². The maximum Gasteiger partial charge on any atom is 0.0924 e. The SMILES string of the molecule is C(=C\c1cccs1)/c1cnc[nH]1. The van der Waals surface area contributed by atoms with Crippen molar-refractivity contribution in [3.8, 4) is 0 Å². The van der Waals surface area contributed by atoms with Gasteiger partial charge in [-0.15, -0.1) is 11.3 Å². The van der Waals surface area contributed by atoms with Gasteiger partial charge in [-0.05, 0) is 23.6 Å².